The van der Waals surface area contributed by atoms with Gasteiger partial charge in [-0.25, -0.2) is 13.2 Å². The molecule has 2 aliphatic carbocycles. The smallest absolute Gasteiger partial charge is 0.407 e. The molecular weight excluding hydrogens is 795 g/mol. The van der Waals surface area contributed by atoms with E-state index in [4.69, 9.17) is 18.9 Å². The summed E-state index contributed by atoms with van der Waals surface area (Å²) in [4.78, 5) is 72.1. The summed E-state index contributed by atoms with van der Waals surface area (Å²) in [6.45, 7) is 14.8. The average molecular weight is 848 g/mol. The van der Waals surface area contributed by atoms with Gasteiger partial charge in [0.2, 0.25) is 28.6 Å². The number of alkyl carbamates (subject to hydrolysis) is 1. The van der Waals surface area contributed by atoms with Crippen molar-refractivity contribution in [2.24, 2.45) is 16.7 Å². The molecular formula is C43H53N5O11S. The van der Waals surface area contributed by atoms with Gasteiger partial charge in [-0.15, -0.1) is 6.58 Å². The Bertz CT molecular complexity index is 2420. The van der Waals surface area contributed by atoms with Crippen molar-refractivity contribution in [1.82, 2.24) is 25.2 Å². The van der Waals surface area contributed by atoms with E-state index in [1.54, 1.807) is 58.0 Å². The lowest BCUT2D eigenvalue weighted by atomic mass is 9.85. The number of hydrogen-bond acceptors (Lipinski definition) is 11. The molecule has 0 bridgehead atoms. The quantitative estimate of drug-likeness (QED) is 0.166. The molecule has 2 aromatic carbocycles. The third-order valence-corrected chi connectivity index (χ3v) is 14.0. The number of pyridine rings is 1. The summed E-state index contributed by atoms with van der Waals surface area (Å²) in [5, 5.41) is 6.27. The highest BCUT2D eigenvalue weighted by Crippen LogP contribution is 2.47. The van der Waals surface area contributed by atoms with E-state index in [1.165, 1.54) is 11.0 Å². The predicted molar refractivity (Wildman–Crippen MR) is 222 cm³/mol. The summed E-state index contributed by atoms with van der Waals surface area (Å²) in [6, 6.07) is 10.5. The first kappa shape index (κ1) is 42.5. The Kier molecular flexibility index (Phi) is 11.0. The number of aromatic amines is 1. The zero-order valence-corrected chi connectivity index (χ0v) is 35.6. The van der Waals surface area contributed by atoms with Crippen LogP contribution >= 0.6 is 0 Å². The molecule has 4 N–H and O–H groups in total. The van der Waals surface area contributed by atoms with Crippen molar-refractivity contribution in [2.75, 3.05) is 26.6 Å². The summed E-state index contributed by atoms with van der Waals surface area (Å²) in [5.41, 5.74) is -1.62. The van der Waals surface area contributed by atoms with Crippen LogP contribution in [0.25, 0.3) is 22.0 Å². The normalized spacial score (nSPS) is 22.1. The molecule has 3 fully saturated rings. The summed E-state index contributed by atoms with van der Waals surface area (Å²) >= 11 is 0. The number of carbonyl (C=O) groups is 4. The van der Waals surface area contributed by atoms with Crippen molar-refractivity contribution in [1.29, 1.82) is 0 Å². The van der Waals surface area contributed by atoms with E-state index in [-0.39, 0.29) is 38.5 Å². The van der Waals surface area contributed by atoms with Gasteiger partial charge in [0.25, 0.3) is 11.5 Å². The standard InChI is InChI=1S/C43H53N5O11S/c1-8-27-21-43(27,38(52)47-60(54,55)42(7)16-17-42)46-36(50)30-13-10-18-48(30)37(51)34(40(2,3)4)45-39(53)57-23-41(5,6)22-56-28-12-9-11-25(19-28)29-20-26-14-15-31-33(59-24-58-31)32(26)44-35(29)49/h8-9,11-12,14-15,19-20,27,30,34H,1,10,13,16-18,21-24H2,2-7H3,(H,44,49)(H,45,53)(H,46,50)(H,47,52)/t27?,30-,34+,43+/m0/s1. The number of rotatable bonds is 14. The van der Waals surface area contributed by atoms with Crippen LogP contribution in [0.3, 0.4) is 0 Å². The fraction of sp³-hybridized carbons (Fsp3) is 0.512. The van der Waals surface area contributed by atoms with Crippen LogP contribution in [0.4, 0.5) is 4.79 Å². The number of ether oxygens (including phenoxy) is 4. The Hall–Kier alpha value is -5.58. The minimum atomic E-state index is -3.95. The summed E-state index contributed by atoms with van der Waals surface area (Å²) < 4.78 is 49.6. The lowest BCUT2D eigenvalue weighted by molar-refractivity contribution is -0.142. The monoisotopic (exact) mass is 847 g/mol. The number of benzene rings is 2. The van der Waals surface area contributed by atoms with Crippen LogP contribution in [0.5, 0.6) is 17.2 Å². The number of carbonyl (C=O) groups excluding carboxylic acids is 4. The first-order valence-electron chi connectivity index (χ1n) is 20.1. The number of nitrogens with one attached hydrogen (secondary N) is 4. The topological polar surface area (TPSA) is 212 Å². The van der Waals surface area contributed by atoms with Gasteiger partial charge in [0.15, 0.2) is 11.5 Å². The predicted octanol–water partition coefficient (Wildman–Crippen LogP) is 4.52. The molecule has 0 radical (unpaired) electrons. The van der Waals surface area contributed by atoms with Crippen LogP contribution < -0.4 is 35.1 Å². The number of hydrogen-bond donors (Lipinski definition) is 4. The van der Waals surface area contributed by atoms with Gasteiger partial charge in [-0.05, 0) is 80.3 Å². The largest absolute Gasteiger partial charge is 0.493 e. The van der Waals surface area contributed by atoms with Crippen molar-refractivity contribution < 1.29 is 46.5 Å². The number of likely N-dealkylation sites (tertiary alicyclic amines) is 1. The highest BCUT2D eigenvalue weighted by molar-refractivity contribution is 7.91. The van der Waals surface area contributed by atoms with Crippen LogP contribution in [0, 0.1) is 16.7 Å². The number of H-pyrrole nitrogens is 1. The van der Waals surface area contributed by atoms with E-state index in [0.29, 0.717) is 59.6 Å². The SMILES string of the molecule is C=CC1C[C@]1(NC(=O)[C@@H]1CCCN1C(=O)[C@@H](NC(=O)OCC(C)(C)COc1cccc(-c2cc3ccc4c(c3[nH]c2=O)OCO4)c1)C(C)(C)C)C(=O)NS(=O)(=O)C1(C)CC1. The van der Waals surface area contributed by atoms with Crippen molar-refractivity contribution in [2.45, 2.75) is 96.0 Å². The van der Waals surface area contributed by atoms with E-state index in [9.17, 15) is 32.4 Å². The lowest BCUT2D eigenvalue weighted by Crippen LogP contribution is -2.60. The second kappa shape index (κ2) is 15.5. The molecule has 3 aromatic rings. The highest BCUT2D eigenvalue weighted by Gasteiger charge is 2.62. The molecule has 4 atom stereocenters. The Morgan fingerprint density at radius 1 is 1.07 bits per heavy atom. The van der Waals surface area contributed by atoms with Crippen molar-refractivity contribution in [3.8, 4) is 28.4 Å². The van der Waals surface area contributed by atoms with Gasteiger partial charge in [0, 0.05) is 28.8 Å². The molecule has 2 saturated carbocycles. The maximum absolute atomic E-state index is 14.2. The van der Waals surface area contributed by atoms with Crippen molar-refractivity contribution in [3.05, 3.63) is 65.5 Å². The first-order chi connectivity index (χ1) is 28.2. The second-order valence-corrected chi connectivity index (χ2v) is 20.6. The molecule has 1 aromatic heterocycles. The molecule has 7 rings (SSSR count). The highest BCUT2D eigenvalue weighted by atomic mass is 32.2. The van der Waals surface area contributed by atoms with Gasteiger partial charge in [-0.3, -0.25) is 23.9 Å². The van der Waals surface area contributed by atoms with Crippen LogP contribution in [-0.2, 0) is 29.1 Å². The molecule has 2 aliphatic heterocycles. The van der Waals surface area contributed by atoms with Gasteiger partial charge in [-0.2, -0.15) is 0 Å². The first-order valence-corrected chi connectivity index (χ1v) is 21.6. The zero-order chi connectivity index (χ0) is 43.4. The second-order valence-electron chi connectivity index (χ2n) is 18.4. The fourth-order valence-electron chi connectivity index (χ4n) is 7.58. The summed E-state index contributed by atoms with van der Waals surface area (Å²) in [6.07, 6.45) is 2.54. The third-order valence-electron chi connectivity index (χ3n) is 11.8. The van der Waals surface area contributed by atoms with Gasteiger partial charge in [-0.1, -0.05) is 52.8 Å². The average Bonchev–Trinajstić information content (AvgIpc) is 3.95. The Morgan fingerprint density at radius 2 is 1.82 bits per heavy atom. The molecule has 16 nitrogen and oxygen atoms in total. The lowest BCUT2D eigenvalue weighted by Gasteiger charge is -2.35. The minimum Gasteiger partial charge on any atom is -0.493 e. The van der Waals surface area contributed by atoms with E-state index in [0.717, 1.165) is 5.39 Å². The van der Waals surface area contributed by atoms with E-state index >= 15 is 0 Å². The van der Waals surface area contributed by atoms with Crippen LogP contribution in [0.15, 0.2) is 59.9 Å². The summed E-state index contributed by atoms with van der Waals surface area (Å²) in [5.74, 6) is -0.810. The van der Waals surface area contributed by atoms with Gasteiger partial charge < -0.3 is 39.5 Å². The molecule has 322 valence electrons. The third kappa shape index (κ3) is 8.40. The molecule has 60 heavy (non-hydrogen) atoms. The molecule has 3 heterocycles. The van der Waals surface area contributed by atoms with Crippen LogP contribution in [0.2, 0.25) is 0 Å². The van der Waals surface area contributed by atoms with Gasteiger partial charge in [0.05, 0.1) is 16.9 Å². The maximum Gasteiger partial charge on any atom is 0.407 e. The Morgan fingerprint density at radius 3 is 2.50 bits per heavy atom. The van der Waals surface area contributed by atoms with Crippen molar-refractivity contribution in [3.63, 3.8) is 0 Å². The number of sulfonamides is 1. The minimum absolute atomic E-state index is 0.0672. The molecule has 0 spiro atoms. The number of fused-ring (bicyclic) bond motifs is 3. The van der Waals surface area contributed by atoms with Crippen molar-refractivity contribution >= 4 is 44.7 Å². The molecule has 1 unspecified atom stereocenters. The number of aromatic nitrogens is 1. The summed E-state index contributed by atoms with van der Waals surface area (Å²) in [7, 11) is -3.95. The van der Waals surface area contributed by atoms with E-state index in [2.05, 4.69) is 26.9 Å². The van der Waals surface area contributed by atoms with E-state index < -0.39 is 73.0 Å². The molecule has 4 aliphatic rings. The van der Waals surface area contributed by atoms with Gasteiger partial charge >= 0.3 is 6.09 Å². The van der Waals surface area contributed by atoms with E-state index in [1.807, 2.05) is 26.0 Å². The van der Waals surface area contributed by atoms with Crippen LogP contribution in [0.1, 0.15) is 73.6 Å². The number of nitrogens with zero attached hydrogens (tertiary/aromatic N) is 1. The van der Waals surface area contributed by atoms with Gasteiger partial charge in [0.1, 0.15) is 30.0 Å². The number of amides is 4. The molecule has 4 amide bonds. The Balaban J connectivity index is 0.951. The molecule has 17 heteroatoms. The van der Waals surface area contributed by atoms with Crippen LogP contribution in [-0.4, -0.2) is 91.0 Å². The molecule has 1 saturated heterocycles. The zero-order valence-electron chi connectivity index (χ0n) is 34.8. The Labute approximate surface area is 348 Å². The fourth-order valence-corrected chi connectivity index (χ4v) is 8.90. The maximum atomic E-state index is 14.2.